The Kier molecular flexibility index (Phi) is 5.07. The molecule has 106 valence electrons. The van der Waals surface area contributed by atoms with Crippen LogP contribution in [0.25, 0.3) is 0 Å². The molecule has 20 heavy (non-hydrogen) atoms. The number of aryl methyl sites for hydroxylation is 1. The van der Waals surface area contributed by atoms with Gasteiger partial charge in [-0.2, -0.15) is 0 Å². The summed E-state index contributed by atoms with van der Waals surface area (Å²) in [6.45, 7) is 5.72. The van der Waals surface area contributed by atoms with Crippen LogP contribution in [0, 0.1) is 12.7 Å². The SMILES string of the molecule is CCNCc1ccc(OCc2cccc(C)n2)c(F)c1. The minimum absolute atomic E-state index is 0.258. The highest BCUT2D eigenvalue weighted by Crippen LogP contribution is 2.19. The summed E-state index contributed by atoms with van der Waals surface area (Å²) in [5, 5.41) is 3.16. The zero-order valence-corrected chi connectivity index (χ0v) is 11.8. The molecule has 1 heterocycles. The molecule has 4 heteroatoms. The van der Waals surface area contributed by atoms with E-state index in [1.54, 1.807) is 6.07 Å². The largest absolute Gasteiger partial charge is 0.484 e. The third-order valence-corrected chi connectivity index (χ3v) is 2.90. The maximum Gasteiger partial charge on any atom is 0.165 e. The second kappa shape index (κ2) is 7.01. The van der Waals surface area contributed by atoms with Gasteiger partial charge in [-0.25, -0.2) is 4.39 Å². The molecule has 0 saturated heterocycles. The minimum atomic E-state index is -0.340. The second-order valence-corrected chi connectivity index (χ2v) is 4.60. The number of hydrogen-bond acceptors (Lipinski definition) is 3. The number of nitrogens with one attached hydrogen (secondary N) is 1. The molecular formula is C16H19FN2O. The Hall–Kier alpha value is -1.94. The van der Waals surface area contributed by atoms with Gasteiger partial charge in [0.2, 0.25) is 0 Å². The fraction of sp³-hybridized carbons (Fsp3) is 0.312. The summed E-state index contributed by atoms with van der Waals surface area (Å²) >= 11 is 0. The number of pyridine rings is 1. The van der Waals surface area contributed by atoms with Crippen LogP contribution in [-0.4, -0.2) is 11.5 Å². The van der Waals surface area contributed by atoms with E-state index in [4.69, 9.17) is 4.74 Å². The second-order valence-electron chi connectivity index (χ2n) is 4.60. The number of benzene rings is 1. The van der Waals surface area contributed by atoms with Crippen molar-refractivity contribution in [1.82, 2.24) is 10.3 Å². The van der Waals surface area contributed by atoms with Gasteiger partial charge in [-0.1, -0.05) is 19.1 Å². The Morgan fingerprint density at radius 2 is 2.10 bits per heavy atom. The van der Waals surface area contributed by atoms with Gasteiger partial charge >= 0.3 is 0 Å². The van der Waals surface area contributed by atoms with Crippen LogP contribution in [0.2, 0.25) is 0 Å². The molecule has 1 aromatic carbocycles. The highest BCUT2D eigenvalue weighted by Gasteiger charge is 2.05. The van der Waals surface area contributed by atoms with Gasteiger partial charge in [-0.05, 0) is 43.3 Å². The zero-order valence-electron chi connectivity index (χ0n) is 11.8. The van der Waals surface area contributed by atoms with Gasteiger partial charge in [0.05, 0.1) is 5.69 Å². The van der Waals surface area contributed by atoms with Crippen molar-refractivity contribution in [2.75, 3.05) is 6.54 Å². The lowest BCUT2D eigenvalue weighted by molar-refractivity contribution is 0.285. The Balaban J connectivity index is 1.99. The first-order chi connectivity index (χ1) is 9.69. The van der Waals surface area contributed by atoms with Gasteiger partial charge in [-0.3, -0.25) is 4.98 Å². The molecule has 2 aromatic rings. The molecule has 2 rings (SSSR count). The average molecular weight is 274 g/mol. The van der Waals surface area contributed by atoms with Crippen LogP contribution < -0.4 is 10.1 Å². The van der Waals surface area contributed by atoms with E-state index in [1.165, 1.54) is 6.07 Å². The lowest BCUT2D eigenvalue weighted by atomic mass is 10.2. The molecule has 0 atom stereocenters. The lowest BCUT2D eigenvalue weighted by Gasteiger charge is -2.09. The van der Waals surface area contributed by atoms with Crippen LogP contribution in [0.15, 0.2) is 36.4 Å². The molecule has 0 aliphatic carbocycles. The summed E-state index contributed by atoms with van der Waals surface area (Å²) in [7, 11) is 0. The summed E-state index contributed by atoms with van der Waals surface area (Å²) in [5.41, 5.74) is 2.62. The van der Waals surface area contributed by atoms with Gasteiger partial charge in [0.15, 0.2) is 11.6 Å². The minimum Gasteiger partial charge on any atom is -0.484 e. The van der Waals surface area contributed by atoms with Crippen molar-refractivity contribution in [1.29, 1.82) is 0 Å². The number of aromatic nitrogens is 1. The highest BCUT2D eigenvalue weighted by molar-refractivity contribution is 5.29. The van der Waals surface area contributed by atoms with Crippen LogP contribution in [0.1, 0.15) is 23.9 Å². The van der Waals surface area contributed by atoms with Gasteiger partial charge < -0.3 is 10.1 Å². The predicted molar refractivity (Wildman–Crippen MR) is 77.1 cm³/mol. The topological polar surface area (TPSA) is 34.1 Å². The Morgan fingerprint density at radius 3 is 2.80 bits per heavy atom. The summed E-state index contributed by atoms with van der Waals surface area (Å²) in [6.07, 6.45) is 0. The molecule has 0 aliphatic rings. The van der Waals surface area contributed by atoms with Gasteiger partial charge in [-0.15, -0.1) is 0 Å². The van der Waals surface area contributed by atoms with Crippen LogP contribution in [0.3, 0.4) is 0 Å². The molecule has 3 nitrogen and oxygen atoms in total. The lowest BCUT2D eigenvalue weighted by Crippen LogP contribution is -2.11. The van der Waals surface area contributed by atoms with Crippen molar-refractivity contribution < 1.29 is 9.13 Å². The fourth-order valence-corrected chi connectivity index (χ4v) is 1.87. The molecule has 0 fully saturated rings. The van der Waals surface area contributed by atoms with E-state index in [0.717, 1.165) is 23.5 Å². The number of hydrogen-bond donors (Lipinski definition) is 1. The maximum absolute atomic E-state index is 13.9. The average Bonchev–Trinajstić information content (AvgIpc) is 2.44. The van der Waals surface area contributed by atoms with Crippen molar-refractivity contribution in [3.8, 4) is 5.75 Å². The normalized spacial score (nSPS) is 10.6. The standard InChI is InChI=1S/C16H19FN2O/c1-3-18-10-13-7-8-16(15(17)9-13)20-11-14-6-4-5-12(2)19-14/h4-9,18H,3,10-11H2,1-2H3. The van der Waals surface area contributed by atoms with Crippen molar-refractivity contribution in [3.05, 3.63) is 59.2 Å². The third kappa shape index (κ3) is 4.03. The Bertz CT molecular complexity index is 572. The molecule has 0 amide bonds. The van der Waals surface area contributed by atoms with Crippen molar-refractivity contribution in [3.63, 3.8) is 0 Å². The number of ether oxygens (including phenoxy) is 1. The summed E-state index contributed by atoms with van der Waals surface area (Å²) in [5.74, 6) is -0.0818. The maximum atomic E-state index is 13.9. The van der Waals surface area contributed by atoms with Crippen molar-refractivity contribution in [2.45, 2.75) is 27.0 Å². The molecule has 0 saturated carbocycles. The van der Waals surface area contributed by atoms with Crippen LogP contribution in [-0.2, 0) is 13.2 Å². The van der Waals surface area contributed by atoms with E-state index in [2.05, 4.69) is 10.3 Å². The molecule has 1 N–H and O–H groups in total. The van der Waals surface area contributed by atoms with Gasteiger partial charge in [0.1, 0.15) is 6.61 Å². The first kappa shape index (κ1) is 14.5. The molecule has 0 radical (unpaired) electrons. The van der Waals surface area contributed by atoms with Crippen molar-refractivity contribution in [2.24, 2.45) is 0 Å². The van der Waals surface area contributed by atoms with Crippen LogP contribution in [0.5, 0.6) is 5.75 Å². The van der Waals surface area contributed by atoms with Crippen LogP contribution in [0.4, 0.5) is 4.39 Å². The quantitative estimate of drug-likeness (QED) is 0.878. The summed E-state index contributed by atoms with van der Waals surface area (Å²) in [4.78, 5) is 4.32. The van der Waals surface area contributed by atoms with E-state index < -0.39 is 0 Å². The van der Waals surface area contributed by atoms with Crippen molar-refractivity contribution >= 4 is 0 Å². The van der Waals surface area contributed by atoms with E-state index in [-0.39, 0.29) is 18.2 Å². The van der Waals surface area contributed by atoms with E-state index in [1.807, 2.05) is 38.1 Å². The zero-order chi connectivity index (χ0) is 14.4. The predicted octanol–water partition coefficient (Wildman–Crippen LogP) is 3.22. The monoisotopic (exact) mass is 274 g/mol. The number of halogens is 1. The first-order valence-electron chi connectivity index (χ1n) is 6.73. The summed E-state index contributed by atoms with van der Waals surface area (Å²) < 4.78 is 19.4. The molecule has 0 unspecified atom stereocenters. The van der Waals surface area contributed by atoms with Gasteiger partial charge in [0, 0.05) is 12.2 Å². The van der Waals surface area contributed by atoms with Crippen LogP contribution >= 0.6 is 0 Å². The number of nitrogens with zero attached hydrogens (tertiary/aromatic N) is 1. The summed E-state index contributed by atoms with van der Waals surface area (Å²) in [6, 6.07) is 10.7. The Morgan fingerprint density at radius 1 is 1.25 bits per heavy atom. The number of rotatable bonds is 6. The highest BCUT2D eigenvalue weighted by atomic mass is 19.1. The van der Waals surface area contributed by atoms with Gasteiger partial charge in [0.25, 0.3) is 0 Å². The van der Waals surface area contributed by atoms with E-state index >= 15 is 0 Å². The molecule has 1 aromatic heterocycles. The molecule has 0 spiro atoms. The van der Waals surface area contributed by atoms with E-state index in [9.17, 15) is 4.39 Å². The Labute approximate surface area is 118 Å². The smallest absolute Gasteiger partial charge is 0.165 e. The van der Waals surface area contributed by atoms with E-state index in [0.29, 0.717) is 6.54 Å². The molecule has 0 aliphatic heterocycles. The molecule has 0 bridgehead atoms. The molecular weight excluding hydrogens is 255 g/mol. The first-order valence-corrected chi connectivity index (χ1v) is 6.73. The third-order valence-electron chi connectivity index (χ3n) is 2.90. The fourth-order valence-electron chi connectivity index (χ4n) is 1.87.